The number of amides is 1. The first kappa shape index (κ1) is 13.0. The summed E-state index contributed by atoms with van der Waals surface area (Å²) in [6.07, 6.45) is 7.35. The van der Waals surface area contributed by atoms with Crippen molar-refractivity contribution in [2.24, 2.45) is 0 Å². The van der Waals surface area contributed by atoms with Crippen molar-refractivity contribution >= 4 is 11.6 Å². The van der Waals surface area contributed by atoms with Crippen LogP contribution in [0.15, 0.2) is 59.6 Å². The molecule has 1 fully saturated rings. The molecule has 0 bridgehead atoms. The maximum absolute atomic E-state index is 12.7. The Bertz CT molecular complexity index is 710. The number of rotatable bonds is 3. The summed E-state index contributed by atoms with van der Waals surface area (Å²) in [7, 11) is 1.62. The van der Waals surface area contributed by atoms with Crippen LogP contribution >= 0.6 is 0 Å². The number of methoxy groups -OCH3 is 1. The third-order valence-corrected chi connectivity index (χ3v) is 4.29. The van der Waals surface area contributed by atoms with E-state index < -0.39 is 5.60 Å². The Kier molecular flexibility index (Phi) is 2.76. The lowest BCUT2D eigenvalue weighted by molar-refractivity contribution is -0.152. The highest BCUT2D eigenvalue weighted by Crippen LogP contribution is 2.52. The van der Waals surface area contributed by atoms with Crippen LogP contribution in [-0.2, 0) is 9.53 Å². The lowest BCUT2D eigenvalue weighted by Gasteiger charge is -2.52. The monoisotopic (exact) mass is 297 g/mol. The van der Waals surface area contributed by atoms with Crippen LogP contribution < -0.4 is 9.64 Å². The first-order chi connectivity index (χ1) is 10.8. The van der Waals surface area contributed by atoms with Gasteiger partial charge in [-0.05, 0) is 36.4 Å². The Hall–Kier alpha value is -2.69. The second kappa shape index (κ2) is 4.66. The van der Waals surface area contributed by atoms with E-state index in [0.29, 0.717) is 6.42 Å². The molecule has 1 aromatic heterocycles. The fourth-order valence-corrected chi connectivity index (χ4v) is 3.19. The van der Waals surface area contributed by atoms with Gasteiger partial charge in [-0.25, -0.2) is 0 Å². The van der Waals surface area contributed by atoms with E-state index in [1.54, 1.807) is 30.8 Å². The predicted molar refractivity (Wildman–Crippen MR) is 79.5 cm³/mol. The van der Waals surface area contributed by atoms with Crippen molar-refractivity contribution in [3.8, 4) is 5.75 Å². The lowest BCUT2D eigenvalue weighted by Crippen LogP contribution is -2.68. The molecule has 0 unspecified atom stereocenters. The fraction of sp³-hybridized carbons (Fsp3) is 0.235. The van der Waals surface area contributed by atoms with E-state index in [0.717, 1.165) is 17.0 Å². The van der Waals surface area contributed by atoms with Crippen LogP contribution in [0.1, 0.15) is 18.0 Å². The molecule has 4 rings (SSSR count). The molecule has 1 aromatic carbocycles. The Balaban J connectivity index is 1.73. The molecule has 2 aliphatic heterocycles. The Morgan fingerprint density at radius 1 is 1.27 bits per heavy atom. The zero-order valence-corrected chi connectivity index (χ0v) is 12.1. The highest BCUT2D eigenvalue weighted by atomic mass is 16.5. The standard InChI is InChI=1S/C17H15NO4/c1-20-14-5-3-13(4-6-14)18-15(12-7-10-21-11-12)17(16(18)19)8-2-9-22-17/h2-7,9-11,15H,8H2,1H3/t15-,17+/m0/s1. The predicted octanol–water partition coefficient (Wildman–Crippen LogP) is 3.05. The number of hydrogen-bond donors (Lipinski definition) is 0. The van der Waals surface area contributed by atoms with Gasteiger partial charge in [-0.1, -0.05) is 0 Å². The molecule has 2 aromatic rings. The number of carbonyl (C=O) groups is 1. The molecule has 3 heterocycles. The molecular weight excluding hydrogens is 282 g/mol. The van der Waals surface area contributed by atoms with Gasteiger partial charge < -0.3 is 13.9 Å². The minimum atomic E-state index is -0.830. The molecule has 2 atom stereocenters. The van der Waals surface area contributed by atoms with Gasteiger partial charge in [0, 0.05) is 17.7 Å². The summed E-state index contributed by atoms with van der Waals surface area (Å²) < 4.78 is 16.0. The summed E-state index contributed by atoms with van der Waals surface area (Å²) in [6, 6.07) is 9.11. The second-order valence-corrected chi connectivity index (χ2v) is 5.42. The molecule has 1 saturated heterocycles. The van der Waals surface area contributed by atoms with Crippen LogP contribution in [0.4, 0.5) is 5.69 Å². The van der Waals surface area contributed by atoms with E-state index in [1.165, 1.54) is 0 Å². The van der Waals surface area contributed by atoms with Crippen molar-refractivity contribution in [3.05, 3.63) is 60.8 Å². The molecule has 0 N–H and O–H groups in total. The lowest BCUT2D eigenvalue weighted by atomic mass is 9.76. The van der Waals surface area contributed by atoms with Crippen LogP contribution in [0.3, 0.4) is 0 Å². The van der Waals surface area contributed by atoms with E-state index in [-0.39, 0.29) is 11.9 Å². The summed E-state index contributed by atoms with van der Waals surface area (Å²) >= 11 is 0. The molecule has 1 amide bonds. The van der Waals surface area contributed by atoms with Gasteiger partial charge in [-0.15, -0.1) is 0 Å². The van der Waals surface area contributed by atoms with Crippen molar-refractivity contribution in [1.29, 1.82) is 0 Å². The van der Waals surface area contributed by atoms with E-state index in [9.17, 15) is 4.79 Å². The zero-order valence-electron chi connectivity index (χ0n) is 12.1. The topological polar surface area (TPSA) is 51.9 Å². The van der Waals surface area contributed by atoms with E-state index in [4.69, 9.17) is 13.9 Å². The van der Waals surface area contributed by atoms with Gasteiger partial charge in [0.15, 0.2) is 0 Å². The smallest absolute Gasteiger partial charge is 0.274 e. The first-order valence-electron chi connectivity index (χ1n) is 7.09. The molecule has 2 aliphatic rings. The summed E-state index contributed by atoms with van der Waals surface area (Å²) in [5.41, 5.74) is 0.918. The summed E-state index contributed by atoms with van der Waals surface area (Å²) in [5, 5.41) is 0. The number of carbonyl (C=O) groups excluding carboxylic acids is 1. The zero-order chi connectivity index (χ0) is 15.2. The number of ether oxygens (including phenoxy) is 2. The van der Waals surface area contributed by atoms with Gasteiger partial charge in [0.05, 0.1) is 25.9 Å². The molecule has 0 aliphatic carbocycles. The average Bonchev–Trinajstić information content (AvgIpc) is 3.24. The summed E-state index contributed by atoms with van der Waals surface area (Å²) in [6.45, 7) is 0. The van der Waals surface area contributed by atoms with Crippen molar-refractivity contribution in [2.45, 2.75) is 18.1 Å². The molecule has 22 heavy (non-hydrogen) atoms. The third-order valence-electron chi connectivity index (χ3n) is 4.29. The minimum absolute atomic E-state index is 0.0335. The summed E-state index contributed by atoms with van der Waals surface area (Å²) in [5.74, 6) is 0.721. The SMILES string of the molecule is COc1ccc(N2C(=O)[C@@]3(CC=CO3)[C@@H]2c2ccoc2)cc1. The van der Waals surface area contributed by atoms with Crippen LogP contribution in [0, 0.1) is 0 Å². The van der Waals surface area contributed by atoms with Crippen LogP contribution in [0.25, 0.3) is 0 Å². The Morgan fingerprint density at radius 3 is 2.68 bits per heavy atom. The minimum Gasteiger partial charge on any atom is -0.497 e. The van der Waals surface area contributed by atoms with Crippen LogP contribution in [0.2, 0.25) is 0 Å². The molecule has 0 radical (unpaired) electrons. The molecule has 5 nitrogen and oxygen atoms in total. The molecule has 0 saturated carbocycles. The van der Waals surface area contributed by atoms with Crippen molar-refractivity contribution in [2.75, 3.05) is 12.0 Å². The Morgan fingerprint density at radius 2 is 2.09 bits per heavy atom. The highest BCUT2D eigenvalue weighted by molar-refractivity contribution is 6.09. The second-order valence-electron chi connectivity index (χ2n) is 5.42. The van der Waals surface area contributed by atoms with Gasteiger partial charge in [-0.2, -0.15) is 0 Å². The molecule has 5 heteroatoms. The quantitative estimate of drug-likeness (QED) is 0.817. The maximum Gasteiger partial charge on any atom is 0.274 e. The number of hydrogen-bond acceptors (Lipinski definition) is 4. The van der Waals surface area contributed by atoms with Gasteiger partial charge >= 0.3 is 0 Å². The molecule has 1 spiro atoms. The maximum atomic E-state index is 12.7. The Labute approximate surface area is 127 Å². The number of benzene rings is 1. The fourth-order valence-electron chi connectivity index (χ4n) is 3.19. The molecular formula is C17H15NO4. The number of β-lactam (4-membered cyclic amide) rings is 1. The normalized spacial score (nSPS) is 26.1. The van der Waals surface area contributed by atoms with Gasteiger partial charge in [0.1, 0.15) is 11.8 Å². The van der Waals surface area contributed by atoms with Gasteiger partial charge in [0.2, 0.25) is 5.60 Å². The van der Waals surface area contributed by atoms with Crippen molar-refractivity contribution in [3.63, 3.8) is 0 Å². The van der Waals surface area contributed by atoms with Gasteiger partial charge in [0.25, 0.3) is 5.91 Å². The van der Waals surface area contributed by atoms with E-state index in [1.807, 2.05) is 36.4 Å². The highest BCUT2D eigenvalue weighted by Gasteiger charge is 2.64. The van der Waals surface area contributed by atoms with Crippen LogP contribution in [-0.4, -0.2) is 18.6 Å². The third kappa shape index (κ3) is 1.62. The van der Waals surface area contributed by atoms with E-state index in [2.05, 4.69) is 0 Å². The number of furan rings is 1. The van der Waals surface area contributed by atoms with Crippen molar-refractivity contribution < 1.29 is 18.7 Å². The van der Waals surface area contributed by atoms with Crippen LogP contribution in [0.5, 0.6) is 5.75 Å². The number of anilines is 1. The molecule has 112 valence electrons. The average molecular weight is 297 g/mol. The van der Waals surface area contributed by atoms with Crippen molar-refractivity contribution in [1.82, 2.24) is 0 Å². The van der Waals surface area contributed by atoms with E-state index >= 15 is 0 Å². The first-order valence-corrected chi connectivity index (χ1v) is 7.09. The largest absolute Gasteiger partial charge is 0.497 e. The van der Waals surface area contributed by atoms with Gasteiger partial charge in [-0.3, -0.25) is 9.69 Å². The summed E-state index contributed by atoms with van der Waals surface area (Å²) in [4.78, 5) is 14.5. The number of nitrogens with zero attached hydrogens (tertiary/aromatic N) is 1.